The molecule has 0 bridgehead atoms. The van der Waals surface area contributed by atoms with Crippen molar-refractivity contribution in [3.8, 4) is 0 Å². The maximum Gasteiger partial charge on any atom is 0.253 e. The number of halogens is 1. The molecular formula is C18H15FN4OS2. The number of hydrogen-bond acceptors (Lipinski definition) is 4. The average molecular weight is 386 g/mol. The van der Waals surface area contributed by atoms with E-state index in [2.05, 4.69) is 20.3 Å². The van der Waals surface area contributed by atoms with Gasteiger partial charge in [-0.2, -0.15) is 0 Å². The monoisotopic (exact) mass is 386 g/mol. The summed E-state index contributed by atoms with van der Waals surface area (Å²) in [6.45, 7) is 0.484. The van der Waals surface area contributed by atoms with Gasteiger partial charge >= 0.3 is 0 Å². The van der Waals surface area contributed by atoms with Gasteiger partial charge < -0.3 is 15.3 Å². The quantitative estimate of drug-likeness (QED) is 0.353. The zero-order valence-electron chi connectivity index (χ0n) is 13.6. The number of rotatable bonds is 5. The molecule has 1 amide bonds. The molecule has 0 spiro atoms. The summed E-state index contributed by atoms with van der Waals surface area (Å²) in [6.07, 6.45) is 1.54. The van der Waals surface area contributed by atoms with Crippen LogP contribution < -0.4 is 5.32 Å². The number of nitrogens with one attached hydrogen (secondary N) is 3. The van der Waals surface area contributed by atoms with E-state index >= 15 is 0 Å². The fraction of sp³-hybridized carbons (Fsp3) is 0.167. The number of H-pyrrole nitrogens is 2. The standard InChI is InChI=1S/C18H15FN4OS2/c19-10-8-11(16-13(9-10)22-18(25)23-16)17(24)20-7-3-6-15-21-12-4-1-2-5-14(12)26-15/h1-2,4-5,8-9H,3,6-7H2,(H,20,24)(H2,22,23,25). The topological polar surface area (TPSA) is 73.6 Å². The van der Waals surface area contributed by atoms with Crippen molar-refractivity contribution in [2.24, 2.45) is 0 Å². The number of amides is 1. The summed E-state index contributed by atoms with van der Waals surface area (Å²) >= 11 is 6.68. The number of benzene rings is 2. The molecule has 0 saturated carbocycles. The third kappa shape index (κ3) is 3.38. The predicted molar refractivity (Wildman–Crippen MR) is 104 cm³/mol. The number of carbonyl (C=O) groups is 1. The van der Waals surface area contributed by atoms with Gasteiger partial charge in [0.05, 0.1) is 31.8 Å². The molecule has 0 aliphatic heterocycles. The third-order valence-corrected chi connectivity index (χ3v) is 5.33. The van der Waals surface area contributed by atoms with Crippen LogP contribution in [0.3, 0.4) is 0 Å². The lowest BCUT2D eigenvalue weighted by atomic mass is 10.1. The number of aryl methyl sites for hydroxylation is 1. The fourth-order valence-corrected chi connectivity index (χ4v) is 4.07. The van der Waals surface area contributed by atoms with Gasteiger partial charge in [0.25, 0.3) is 5.91 Å². The van der Waals surface area contributed by atoms with Gasteiger partial charge in [0.1, 0.15) is 5.82 Å². The van der Waals surface area contributed by atoms with Crippen LogP contribution in [0.25, 0.3) is 21.3 Å². The zero-order valence-corrected chi connectivity index (χ0v) is 15.3. The molecule has 0 unspecified atom stereocenters. The molecule has 0 aliphatic carbocycles. The lowest BCUT2D eigenvalue weighted by Crippen LogP contribution is -2.25. The first kappa shape index (κ1) is 16.9. The van der Waals surface area contributed by atoms with Gasteiger partial charge in [-0.05, 0) is 42.9 Å². The number of para-hydroxylation sites is 1. The normalized spacial score (nSPS) is 11.3. The first-order valence-corrected chi connectivity index (χ1v) is 9.37. The number of aromatic amines is 2. The Balaban J connectivity index is 1.40. The summed E-state index contributed by atoms with van der Waals surface area (Å²) in [5, 5.41) is 3.88. The van der Waals surface area contributed by atoms with E-state index in [1.54, 1.807) is 11.3 Å². The maximum absolute atomic E-state index is 13.7. The van der Waals surface area contributed by atoms with Crippen LogP contribution in [-0.4, -0.2) is 27.4 Å². The molecule has 4 aromatic rings. The minimum atomic E-state index is -0.484. The Kier molecular flexibility index (Phi) is 4.52. The first-order chi connectivity index (χ1) is 12.6. The average Bonchev–Trinajstić information content (AvgIpc) is 3.19. The highest BCUT2D eigenvalue weighted by molar-refractivity contribution is 7.71. The van der Waals surface area contributed by atoms with E-state index in [-0.39, 0.29) is 11.5 Å². The van der Waals surface area contributed by atoms with E-state index < -0.39 is 5.82 Å². The SMILES string of the molecule is O=C(NCCCc1nc2ccccc2s1)c1cc(F)cc2[nH]c(=S)[nH]c12. The van der Waals surface area contributed by atoms with Gasteiger partial charge in [-0.25, -0.2) is 9.37 Å². The number of hydrogen-bond donors (Lipinski definition) is 3. The fourth-order valence-electron chi connectivity index (χ4n) is 2.85. The van der Waals surface area contributed by atoms with Crippen LogP contribution >= 0.6 is 23.6 Å². The minimum Gasteiger partial charge on any atom is -0.352 e. The van der Waals surface area contributed by atoms with Crippen molar-refractivity contribution >= 4 is 50.7 Å². The van der Waals surface area contributed by atoms with Gasteiger partial charge in [-0.3, -0.25) is 4.79 Å². The van der Waals surface area contributed by atoms with Gasteiger partial charge in [0.15, 0.2) is 4.77 Å². The number of carbonyl (C=O) groups excluding carboxylic acids is 1. The van der Waals surface area contributed by atoms with Gasteiger partial charge in [0.2, 0.25) is 0 Å². The summed E-state index contributed by atoms with van der Waals surface area (Å²) in [4.78, 5) is 22.7. The highest BCUT2D eigenvalue weighted by Gasteiger charge is 2.13. The molecule has 0 radical (unpaired) electrons. The summed E-state index contributed by atoms with van der Waals surface area (Å²) in [5.41, 5.74) is 2.24. The summed E-state index contributed by atoms with van der Waals surface area (Å²) in [6, 6.07) is 10.5. The molecule has 4 rings (SSSR count). The first-order valence-electron chi connectivity index (χ1n) is 8.14. The van der Waals surface area contributed by atoms with Crippen molar-refractivity contribution in [1.82, 2.24) is 20.3 Å². The van der Waals surface area contributed by atoms with E-state index in [4.69, 9.17) is 12.2 Å². The number of aromatic nitrogens is 3. The largest absolute Gasteiger partial charge is 0.352 e. The van der Waals surface area contributed by atoms with Crippen molar-refractivity contribution in [3.63, 3.8) is 0 Å². The maximum atomic E-state index is 13.7. The summed E-state index contributed by atoms with van der Waals surface area (Å²) in [5.74, 6) is -0.813. The molecule has 3 N–H and O–H groups in total. The molecule has 0 aliphatic rings. The van der Waals surface area contributed by atoms with E-state index in [0.717, 1.165) is 28.1 Å². The number of imidazole rings is 1. The Morgan fingerprint density at radius 2 is 2.12 bits per heavy atom. The zero-order chi connectivity index (χ0) is 18.1. The molecule has 8 heteroatoms. The molecule has 26 heavy (non-hydrogen) atoms. The number of fused-ring (bicyclic) bond motifs is 2. The van der Waals surface area contributed by atoms with Gasteiger partial charge in [0, 0.05) is 13.0 Å². The number of thiazole rings is 1. The highest BCUT2D eigenvalue weighted by Crippen LogP contribution is 2.22. The Labute approximate surface area is 157 Å². The van der Waals surface area contributed by atoms with E-state index in [1.165, 1.54) is 12.1 Å². The molecule has 0 atom stereocenters. The summed E-state index contributed by atoms with van der Waals surface area (Å²) < 4.78 is 15.2. The van der Waals surface area contributed by atoms with Gasteiger partial charge in [-0.15, -0.1) is 11.3 Å². The van der Waals surface area contributed by atoms with Crippen LogP contribution in [0.1, 0.15) is 21.8 Å². The Hall–Kier alpha value is -2.58. The molecule has 0 fully saturated rings. The van der Waals surface area contributed by atoms with Crippen molar-refractivity contribution in [3.05, 3.63) is 57.6 Å². The van der Waals surface area contributed by atoms with Crippen LogP contribution in [0.5, 0.6) is 0 Å². The molecular weight excluding hydrogens is 371 g/mol. The molecule has 0 saturated heterocycles. The Bertz CT molecular complexity index is 1130. The van der Waals surface area contributed by atoms with Crippen molar-refractivity contribution in [2.75, 3.05) is 6.54 Å². The van der Waals surface area contributed by atoms with Crippen molar-refractivity contribution in [1.29, 1.82) is 0 Å². The molecule has 5 nitrogen and oxygen atoms in total. The van der Waals surface area contributed by atoms with Crippen LogP contribution in [0, 0.1) is 10.6 Å². The van der Waals surface area contributed by atoms with Crippen molar-refractivity contribution < 1.29 is 9.18 Å². The van der Waals surface area contributed by atoms with Crippen molar-refractivity contribution in [2.45, 2.75) is 12.8 Å². The van der Waals surface area contributed by atoms with Crippen LogP contribution in [-0.2, 0) is 6.42 Å². The second-order valence-corrected chi connectivity index (χ2v) is 7.41. The molecule has 2 aromatic heterocycles. The smallest absolute Gasteiger partial charge is 0.253 e. The van der Waals surface area contributed by atoms with Crippen LogP contribution in [0.15, 0.2) is 36.4 Å². The van der Waals surface area contributed by atoms with E-state index in [1.807, 2.05) is 24.3 Å². The lowest BCUT2D eigenvalue weighted by molar-refractivity contribution is 0.0954. The number of nitrogens with zero attached hydrogens (tertiary/aromatic N) is 1. The highest BCUT2D eigenvalue weighted by atomic mass is 32.1. The summed E-state index contributed by atoms with van der Waals surface area (Å²) in [7, 11) is 0. The van der Waals surface area contributed by atoms with Crippen LogP contribution in [0.2, 0.25) is 0 Å². The van der Waals surface area contributed by atoms with E-state index in [0.29, 0.717) is 22.3 Å². The van der Waals surface area contributed by atoms with E-state index in [9.17, 15) is 9.18 Å². The predicted octanol–water partition coefficient (Wildman–Crippen LogP) is 4.34. The third-order valence-electron chi connectivity index (χ3n) is 4.03. The molecule has 132 valence electrons. The molecule has 2 heterocycles. The lowest BCUT2D eigenvalue weighted by Gasteiger charge is -2.06. The van der Waals surface area contributed by atoms with Crippen LogP contribution in [0.4, 0.5) is 4.39 Å². The Morgan fingerprint density at radius 3 is 2.96 bits per heavy atom. The Morgan fingerprint density at radius 1 is 1.27 bits per heavy atom. The van der Waals surface area contributed by atoms with Gasteiger partial charge in [-0.1, -0.05) is 12.1 Å². The second kappa shape index (κ2) is 6.97. The second-order valence-electron chi connectivity index (χ2n) is 5.89. The minimum absolute atomic E-state index is 0.243. The molecule has 2 aromatic carbocycles.